The zero-order valence-electron chi connectivity index (χ0n) is 17.0. The first-order chi connectivity index (χ1) is 14.9. The lowest BCUT2D eigenvalue weighted by atomic mass is 9.96. The third kappa shape index (κ3) is 5.28. The van der Waals surface area contributed by atoms with Gasteiger partial charge >= 0.3 is 0 Å². The molecular formula is C21H25ClN4O4S. The third-order valence-corrected chi connectivity index (χ3v) is 7.67. The normalized spacial score (nSPS) is 19.4. The summed E-state index contributed by atoms with van der Waals surface area (Å²) in [4.78, 5) is 18.9. The zero-order valence-corrected chi connectivity index (χ0v) is 18.6. The molecule has 0 radical (unpaired) electrons. The number of hydrogen-bond donors (Lipinski definition) is 1. The van der Waals surface area contributed by atoms with Crippen LogP contribution in [0.1, 0.15) is 5.56 Å². The van der Waals surface area contributed by atoms with Crippen molar-refractivity contribution in [3.05, 3.63) is 53.2 Å². The van der Waals surface area contributed by atoms with Crippen molar-refractivity contribution in [3.63, 3.8) is 0 Å². The fourth-order valence-corrected chi connectivity index (χ4v) is 5.38. The molecule has 31 heavy (non-hydrogen) atoms. The van der Waals surface area contributed by atoms with Crippen molar-refractivity contribution in [1.29, 1.82) is 0 Å². The quantitative estimate of drug-likeness (QED) is 0.697. The SMILES string of the molecule is O=C(NCCS(=O)(=O)N1CCN(c2ccccn2)CC1)C1COc2ccc(Cl)cc2C1. The molecule has 2 aliphatic heterocycles. The van der Waals surface area contributed by atoms with Gasteiger partial charge in [0, 0.05) is 43.9 Å². The molecule has 1 saturated heterocycles. The Labute approximate surface area is 187 Å². The number of sulfonamides is 1. The molecule has 1 aromatic heterocycles. The van der Waals surface area contributed by atoms with Gasteiger partial charge in [0.15, 0.2) is 0 Å². The van der Waals surface area contributed by atoms with Crippen LogP contribution in [0, 0.1) is 5.92 Å². The van der Waals surface area contributed by atoms with E-state index >= 15 is 0 Å². The van der Waals surface area contributed by atoms with E-state index in [9.17, 15) is 13.2 Å². The van der Waals surface area contributed by atoms with Crippen molar-refractivity contribution < 1.29 is 17.9 Å². The van der Waals surface area contributed by atoms with Crippen LogP contribution in [-0.4, -0.2) is 68.7 Å². The number of hydrogen-bond acceptors (Lipinski definition) is 6. The van der Waals surface area contributed by atoms with Crippen LogP contribution in [0.4, 0.5) is 5.82 Å². The van der Waals surface area contributed by atoms with E-state index in [0.717, 1.165) is 17.1 Å². The Morgan fingerprint density at radius 2 is 2.00 bits per heavy atom. The number of anilines is 1. The van der Waals surface area contributed by atoms with Gasteiger partial charge in [-0.15, -0.1) is 0 Å². The number of ether oxygens (including phenoxy) is 1. The van der Waals surface area contributed by atoms with Crippen LogP contribution >= 0.6 is 11.6 Å². The fraction of sp³-hybridized carbons (Fsp3) is 0.429. The lowest BCUT2D eigenvalue weighted by molar-refractivity contribution is -0.126. The van der Waals surface area contributed by atoms with Crippen molar-refractivity contribution in [2.75, 3.05) is 50.0 Å². The number of carbonyl (C=O) groups excluding carboxylic acids is 1. The van der Waals surface area contributed by atoms with E-state index in [0.29, 0.717) is 37.6 Å². The standard InChI is InChI=1S/C21H25ClN4O4S/c22-18-4-5-19-16(14-18)13-17(15-30-19)21(27)24-7-12-31(28,29)26-10-8-25(9-11-26)20-3-1-2-6-23-20/h1-6,14,17H,7-13,15H2,(H,24,27). The molecule has 0 saturated carbocycles. The van der Waals surface area contributed by atoms with Gasteiger partial charge in [0.2, 0.25) is 15.9 Å². The molecule has 0 aliphatic carbocycles. The molecule has 0 spiro atoms. The summed E-state index contributed by atoms with van der Waals surface area (Å²) in [7, 11) is -3.45. The second-order valence-electron chi connectivity index (χ2n) is 7.65. The number of nitrogens with zero attached hydrogens (tertiary/aromatic N) is 3. The predicted octanol–water partition coefficient (Wildman–Crippen LogP) is 1.55. The molecule has 2 aromatic rings. The first-order valence-electron chi connectivity index (χ1n) is 10.2. The zero-order chi connectivity index (χ0) is 21.8. The maximum atomic E-state index is 12.7. The van der Waals surface area contributed by atoms with Crippen LogP contribution in [0.2, 0.25) is 5.02 Å². The lowest BCUT2D eigenvalue weighted by Crippen LogP contribution is -2.50. The van der Waals surface area contributed by atoms with Crippen molar-refractivity contribution >= 4 is 33.3 Å². The average molecular weight is 465 g/mol. The Balaban J connectivity index is 1.24. The highest BCUT2D eigenvalue weighted by Gasteiger charge is 2.29. The van der Waals surface area contributed by atoms with Gasteiger partial charge in [-0.3, -0.25) is 4.79 Å². The topological polar surface area (TPSA) is 91.8 Å². The molecule has 4 rings (SSSR count). The molecular weight excluding hydrogens is 440 g/mol. The second-order valence-corrected chi connectivity index (χ2v) is 10.2. The molecule has 8 nitrogen and oxygen atoms in total. The first-order valence-corrected chi connectivity index (χ1v) is 12.2. The first kappa shape index (κ1) is 21.9. The number of piperazine rings is 1. The van der Waals surface area contributed by atoms with Crippen LogP contribution in [-0.2, 0) is 21.2 Å². The minimum atomic E-state index is -3.45. The molecule has 2 aliphatic rings. The molecule has 0 bridgehead atoms. The van der Waals surface area contributed by atoms with Crippen molar-refractivity contribution in [2.24, 2.45) is 5.92 Å². The Morgan fingerprint density at radius 1 is 1.19 bits per heavy atom. The number of rotatable bonds is 6. The number of nitrogens with one attached hydrogen (secondary N) is 1. The molecule has 10 heteroatoms. The number of pyridine rings is 1. The summed E-state index contributed by atoms with van der Waals surface area (Å²) in [6, 6.07) is 11.0. The highest BCUT2D eigenvalue weighted by atomic mass is 35.5. The summed E-state index contributed by atoms with van der Waals surface area (Å²) in [5, 5.41) is 3.34. The van der Waals surface area contributed by atoms with E-state index in [2.05, 4.69) is 15.2 Å². The van der Waals surface area contributed by atoms with E-state index in [1.807, 2.05) is 18.2 Å². The summed E-state index contributed by atoms with van der Waals surface area (Å²) >= 11 is 6.02. The maximum absolute atomic E-state index is 12.7. The maximum Gasteiger partial charge on any atom is 0.226 e. The van der Waals surface area contributed by atoms with E-state index in [1.54, 1.807) is 24.4 Å². The molecule has 1 atom stereocenters. The predicted molar refractivity (Wildman–Crippen MR) is 119 cm³/mol. The van der Waals surface area contributed by atoms with Crippen LogP contribution < -0.4 is 15.0 Å². The molecule has 1 N–H and O–H groups in total. The summed E-state index contributed by atoms with van der Waals surface area (Å²) in [6.07, 6.45) is 2.25. The van der Waals surface area contributed by atoms with Crippen LogP contribution in [0.15, 0.2) is 42.6 Å². The Kier molecular flexibility index (Phi) is 6.64. The Bertz CT molecular complexity index is 1030. The van der Waals surface area contributed by atoms with Gasteiger partial charge in [0.1, 0.15) is 18.2 Å². The highest BCUT2D eigenvalue weighted by molar-refractivity contribution is 7.89. The van der Waals surface area contributed by atoms with Crippen molar-refractivity contribution in [1.82, 2.24) is 14.6 Å². The highest BCUT2D eigenvalue weighted by Crippen LogP contribution is 2.29. The van der Waals surface area contributed by atoms with E-state index in [4.69, 9.17) is 16.3 Å². The Hall–Kier alpha value is -2.36. The molecule has 1 aromatic carbocycles. The molecule has 166 valence electrons. The van der Waals surface area contributed by atoms with Gasteiger partial charge < -0.3 is 15.0 Å². The summed E-state index contributed by atoms with van der Waals surface area (Å²) in [5.74, 6) is 0.889. The second kappa shape index (κ2) is 9.42. The Morgan fingerprint density at radius 3 is 2.74 bits per heavy atom. The van der Waals surface area contributed by atoms with Crippen LogP contribution in [0.5, 0.6) is 5.75 Å². The van der Waals surface area contributed by atoms with Gasteiger partial charge in [-0.05, 0) is 42.3 Å². The van der Waals surface area contributed by atoms with E-state index in [1.165, 1.54) is 4.31 Å². The number of amides is 1. The summed E-state index contributed by atoms with van der Waals surface area (Å²) in [5.41, 5.74) is 0.886. The summed E-state index contributed by atoms with van der Waals surface area (Å²) in [6.45, 7) is 2.32. The number of halogens is 1. The van der Waals surface area contributed by atoms with E-state index in [-0.39, 0.29) is 30.7 Å². The van der Waals surface area contributed by atoms with E-state index < -0.39 is 10.0 Å². The molecule has 1 unspecified atom stereocenters. The van der Waals surface area contributed by atoms with Gasteiger partial charge in [-0.25, -0.2) is 13.4 Å². The smallest absolute Gasteiger partial charge is 0.226 e. The minimum absolute atomic E-state index is 0.0700. The number of benzene rings is 1. The monoisotopic (exact) mass is 464 g/mol. The van der Waals surface area contributed by atoms with Crippen molar-refractivity contribution in [2.45, 2.75) is 6.42 Å². The van der Waals surface area contributed by atoms with Crippen LogP contribution in [0.3, 0.4) is 0 Å². The fourth-order valence-electron chi connectivity index (χ4n) is 3.84. The summed E-state index contributed by atoms with van der Waals surface area (Å²) < 4.78 is 32.5. The molecule has 3 heterocycles. The van der Waals surface area contributed by atoms with Gasteiger partial charge in [-0.2, -0.15) is 4.31 Å². The van der Waals surface area contributed by atoms with Gasteiger partial charge in [-0.1, -0.05) is 17.7 Å². The van der Waals surface area contributed by atoms with Crippen molar-refractivity contribution in [3.8, 4) is 5.75 Å². The lowest BCUT2D eigenvalue weighted by Gasteiger charge is -2.34. The van der Waals surface area contributed by atoms with Gasteiger partial charge in [0.25, 0.3) is 0 Å². The molecule has 1 fully saturated rings. The van der Waals surface area contributed by atoms with Gasteiger partial charge in [0.05, 0.1) is 11.7 Å². The van der Waals surface area contributed by atoms with Crippen LogP contribution in [0.25, 0.3) is 0 Å². The largest absolute Gasteiger partial charge is 0.492 e. The molecule has 1 amide bonds. The number of carbonyl (C=O) groups is 1. The number of aromatic nitrogens is 1. The number of fused-ring (bicyclic) bond motifs is 1. The third-order valence-electron chi connectivity index (χ3n) is 5.56. The average Bonchev–Trinajstić information content (AvgIpc) is 2.79. The minimum Gasteiger partial charge on any atom is -0.492 e.